The van der Waals surface area contributed by atoms with Gasteiger partial charge in [0, 0.05) is 11.8 Å². The molecule has 5 nitrogen and oxygen atoms in total. The first kappa shape index (κ1) is 18.4. The SMILES string of the molecule is Cc1nc(Nc2ccccc2C#N)cc(Nc2ccccc2C(C)(C)C)n1. The lowest BCUT2D eigenvalue weighted by Gasteiger charge is -2.23. The highest BCUT2D eigenvalue weighted by molar-refractivity contribution is 5.68. The largest absolute Gasteiger partial charge is 0.340 e. The van der Waals surface area contributed by atoms with Crippen LogP contribution >= 0.6 is 0 Å². The average molecular weight is 357 g/mol. The van der Waals surface area contributed by atoms with E-state index < -0.39 is 0 Å². The van der Waals surface area contributed by atoms with Crippen molar-refractivity contribution in [3.63, 3.8) is 0 Å². The number of aromatic nitrogens is 2. The van der Waals surface area contributed by atoms with Gasteiger partial charge < -0.3 is 10.6 Å². The number of rotatable bonds is 4. The number of hydrogen-bond donors (Lipinski definition) is 2. The lowest BCUT2D eigenvalue weighted by atomic mass is 9.86. The van der Waals surface area contributed by atoms with E-state index in [2.05, 4.69) is 59.6 Å². The van der Waals surface area contributed by atoms with E-state index in [0.717, 1.165) is 11.4 Å². The van der Waals surface area contributed by atoms with Crippen LogP contribution in [0.25, 0.3) is 0 Å². The molecule has 0 saturated heterocycles. The van der Waals surface area contributed by atoms with Crippen molar-refractivity contribution in [2.75, 3.05) is 10.6 Å². The van der Waals surface area contributed by atoms with Gasteiger partial charge in [0.1, 0.15) is 23.5 Å². The fraction of sp³-hybridized carbons (Fsp3) is 0.227. The minimum absolute atomic E-state index is 0.0124. The van der Waals surface area contributed by atoms with Gasteiger partial charge in [0.2, 0.25) is 0 Å². The van der Waals surface area contributed by atoms with E-state index in [1.165, 1.54) is 5.56 Å². The number of nitrogens with zero attached hydrogens (tertiary/aromatic N) is 3. The average Bonchev–Trinajstić information content (AvgIpc) is 2.61. The number of nitriles is 1. The molecule has 3 rings (SSSR count). The Morgan fingerprint density at radius 1 is 0.852 bits per heavy atom. The van der Waals surface area contributed by atoms with Gasteiger partial charge in [-0.25, -0.2) is 9.97 Å². The fourth-order valence-electron chi connectivity index (χ4n) is 2.91. The van der Waals surface area contributed by atoms with Gasteiger partial charge in [0.15, 0.2) is 0 Å². The molecule has 0 fully saturated rings. The van der Waals surface area contributed by atoms with Crippen LogP contribution in [-0.2, 0) is 5.41 Å². The molecule has 5 heteroatoms. The van der Waals surface area contributed by atoms with Gasteiger partial charge >= 0.3 is 0 Å². The van der Waals surface area contributed by atoms with E-state index in [4.69, 9.17) is 0 Å². The van der Waals surface area contributed by atoms with Crippen molar-refractivity contribution in [2.24, 2.45) is 0 Å². The van der Waals surface area contributed by atoms with Crippen molar-refractivity contribution in [2.45, 2.75) is 33.1 Å². The Morgan fingerprint density at radius 2 is 1.41 bits per heavy atom. The highest BCUT2D eigenvalue weighted by atomic mass is 15.1. The topological polar surface area (TPSA) is 73.6 Å². The number of anilines is 4. The molecule has 27 heavy (non-hydrogen) atoms. The van der Waals surface area contributed by atoms with Crippen molar-refractivity contribution < 1.29 is 0 Å². The van der Waals surface area contributed by atoms with Crippen LogP contribution in [0, 0.1) is 18.3 Å². The van der Waals surface area contributed by atoms with Crippen LogP contribution in [0.4, 0.5) is 23.0 Å². The van der Waals surface area contributed by atoms with Gasteiger partial charge in [-0.3, -0.25) is 0 Å². The summed E-state index contributed by atoms with van der Waals surface area (Å²) in [7, 11) is 0. The Labute approximate surface area is 160 Å². The predicted molar refractivity (Wildman–Crippen MR) is 110 cm³/mol. The molecule has 0 aliphatic carbocycles. The van der Waals surface area contributed by atoms with Gasteiger partial charge in [-0.05, 0) is 36.1 Å². The van der Waals surface area contributed by atoms with Gasteiger partial charge in [-0.2, -0.15) is 5.26 Å². The second kappa shape index (κ2) is 7.46. The van der Waals surface area contributed by atoms with Gasteiger partial charge in [-0.15, -0.1) is 0 Å². The highest BCUT2D eigenvalue weighted by Crippen LogP contribution is 2.31. The molecule has 0 spiro atoms. The normalized spacial score (nSPS) is 10.9. The van der Waals surface area contributed by atoms with Gasteiger partial charge in [-0.1, -0.05) is 51.1 Å². The number of benzene rings is 2. The first-order chi connectivity index (χ1) is 12.9. The van der Waals surface area contributed by atoms with Crippen LogP contribution in [0.15, 0.2) is 54.6 Å². The Kier molecular flexibility index (Phi) is 5.09. The molecule has 0 radical (unpaired) electrons. The van der Waals surface area contributed by atoms with Crippen LogP contribution in [0.3, 0.4) is 0 Å². The van der Waals surface area contributed by atoms with Crippen LogP contribution in [0.1, 0.15) is 37.7 Å². The molecular formula is C22H23N5. The third-order valence-corrected chi connectivity index (χ3v) is 4.15. The van der Waals surface area contributed by atoms with E-state index in [-0.39, 0.29) is 5.41 Å². The molecule has 0 aliphatic heterocycles. The summed E-state index contributed by atoms with van der Waals surface area (Å²) in [6, 6.07) is 19.6. The summed E-state index contributed by atoms with van der Waals surface area (Å²) in [5.74, 6) is 1.99. The van der Waals surface area contributed by atoms with Crippen LogP contribution in [-0.4, -0.2) is 9.97 Å². The van der Waals surface area contributed by atoms with E-state index >= 15 is 0 Å². The van der Waals surface area contributed by atoms with Crippen LogP contribution in [0.5, 0.6) is 0 Å². The third-order valence-electron chi connectivity index (χ3n) is 4.15. The Bertz CT molecular complexity index is 996. The van der Waals surface area contributed by atoms with Crippen molar-refractivity contribution >= 4 is 23.0 Å². The Hall–Kier alpha value is -3.39. The zero-order valence-corrected chi connectivity index (χ0v) is 16.0. The third kappa shape index (κ3) is 4.42. The number of aryl methyl sites for hydroxylation is 1. The lowest BCUT2D eigenvalue weighted by molar-refractivity contribution is 0.592. The molecule has 0 unspecified atom stereocenters. The van der Waals surface area contributed by atoms with Crippen molar-refractivity contribution in [1.29, 1.82) is 5.26 Å². The molecule has 0 saturated carbocycles. The minimum atomic E-state index is 0.0124. The standard InChI is InChI=1S/C22H23N5/c1-15-24-20(26-18-11-7-5-9-16(18)14-23)13-21(25-15)27-19-12-8-6-10-17(19)22(2,3)4/h5-13H,1-4H3,(H2,24,25,26,27). The quantitative estimate of drug-likeness (QED) is 0.650. The molecule has 136 valence electrons. The minimum Gasteiger partial charge on any atom is -0.340 e. The van der Waals surface area contributed by atoms with E-state index in [9.17, 15) is 5.26 Å². The molecule has 3 aromatic rings. The second-order valence-electron chi connectivity index (χ2n) is 7.39. The maximum atomic E-state index is 9.27. The maximum absolute atomic E-state index is 9.27. The predicted octanol–water partition coefficient (Wildman–Crippen LogP) is 5.44. The smallest absolute Gasteiger partial charge is 0.136 e. The van der Waals surface area contributed by atoms with Crippen molar-refractivity contribution in [1.82, 2.24) is 9.97 Å². The lowest BCUT2D eigenvalue weighted by Crippen LogP contribution is -2.14. The molecule has 1 heterocycles. The monoisotopic (exact) mass is 357 g/mol. The van der Waals surface area contributed by atoms with Crippen molar-refractivity contribution in [3.8, 4) is 6.07 Å². The summed E-state index contributed by atoms with van der Waals surface area (Å²) >= 11 is 0. The molecule has 0 bridgehead atoms. The summed E-state index contributed by atoms with van der Waals surface area (Å²) in [6.45, 7) is 8.40. The molecule has 2 N–H and O–H groups in total. The van der Waals surface area contributed by atoms with Gasteiger partial charge in [0.05, 0.1) is 11.3 Å². The first-order valence-corrected chi connectivity index (χ1v) is 8.85. The highest BCUT2D eigenvalue weighted by Gasteiger charge is 2.18. The number of para-hydroxylation sites is 2. The molecule has 0 amide bonds. The van der Waals surface area contributed by atoms with Gasteiger partial charge in [0.25, 0.3) is 0 Å². The van der Waals surface area contributed by atoms with Crippen LogP contribution < -0.4 is 10.6 Å². The van der Waals surface area contributed by atoms with E-state index in [1.54, 1.807) is 6.07 Å². The molecule has 2 aromatic carbocycles. The fourth-order valence-corrected chi connectivity index (χ4v) is 2.91. The molecular weight excluding hydrogens is 334 g/mol. The maximum Gasteiger partial charge on any atom is 0.136 e. The van der Waals surface area contributed by atoms with Crippen LogP contribution in [0.2, 0.25) is 0 Å². The molecule has 0 aliphatic rings. The Balaban J connectivity index is 1.92. The summed E-state index contributed by atoms with van der Waals surface area (Å²) in [5.41, 5.74) is 3.54. The molecule has 0 atom stereocenters. The summed E-state index contributed by atoms with van der Waals surface area (Å²) in [5, 5.41) is 15.9. The first-order valence-electron chi connectivity index (χ1n) is 8.85. The Morgan fingerprint density at radius 3 is 2.04 bits per heavy atom. The van der Waals surface area contributed by atoms with E-state index in [1.807, 2.05) is 43.3 Å². The zero-order valence-electron chi connectivity index (χ0n) is 16.0. The number of nitrogens with one attached hydrogen (secondary N) is 2. The summed E-state index contributed by atoms with van der Waals surface area (Å²) in [6.07, 6.45) is 0. The second-order valence-corrected chi connectivity index (χ2v) is 7.39. The number of hydrogen-bond acceptors (Lipinski definition) is 5. The molecule has 1 aromatic heterocycles. The van der Waals surface area contributed by atoms with Crippen molar-refractivity contribution in [3.05, 3.63) is 71.5 Å². The zero-order chi connectivity index (χ0) is 19.4. The summed E-state index contributed by atoms with van der Waals surface area (Å²) < 4.78 is 0. The van der Waals surface area contributed by atoms with E-state index in [0.29, 0.717) is 23.0 Å². The summed E-state index contributed by atoms with van der Waals surface area (Å²) in [4.78, 5) is 8.95.